The predicted molar refractivity (Wildman–Crippen MR) is 111 cm³/mol. The van der Waals surface area contributed by atoms with E-state index in [1.807, 2.05) is 0 Å². The summed E-state index contributed by atoms with van der Waals surface area (Å²) < 4.78 is 5.27. The number of nitrogens with one attached hydrogen (secondary N) is 1. The maximum absolute atomic E-state index is 12.3. The lowest BCUT2D eigenvalue weighted by Gasteiger charge is -2.13. The molecule has 29 heavy (non-hydrogen) atoms. The van der Waals surface area contributed by atoms with Crippen LogP contribution in [0.5, 0.6) is 0 Å². The van der Waals surface area contributed by atoms with Crippen molar-refractivity contribution in [1.82, 2.24) is 0 Å². The number of benzene rings is 3. The Bertz CT molecular complexity index is 1030. The molecule has 0 saturated heterocycles. The summed E-state index contributed by atoms with van der Waals surface area (Å²) in [6, 6.07) is 21.5. The fourth-order valence-electron chi connectivity index (χ4n) is 2.65. The number of halogens is 1. The van der Waals surface area contributed by atoms with E-state index in [-0.39, 0.29) is 17.3 Å². The molecular formula is C23H18ClNO4. The summed E-state index contributed by atoms with van der Waals surface area (Å²) in [7, 11) is 0. The lowest BCUT2D eigenvalue weighted by Crippen LogP contribution is -2.24. The second kappa shape index (κ2) is 9.17. The number of hydrogen-bond acceptors (Lipinski definition) is 4. The van der Waals surface area contributed by atoms with Crippen molar-refractivity contribution in [2.45, 2.75) is 13.0 Å². The molecule has 0 aliphatic carbocycles. The number of Topliss-reactive ketones (excluding diaryl/α,β-unsaturated/α-hetero) is 1. The predicted octanol–water partition coefficient (Wildman–Crippen LogP) is 5.02. The van der Waals surface area contributed by atoms with Gasteiger partial charge < -0.3 is 10.1 Å². The molecule has 1 atom stereocenters. The topological polar surface area (TPSA) is 72.5 Å². The van der Waals surface area contributed by atoms with Gasteiger partial charge in [-0.1, -0.05) is 54.1 Å². The molecule has 1 N–H and O–H groups in total. The average molecular weight is 408 g/mol. The van der Waals surface area contributed by atoms with E-state index >= 15 is 0 Å². The van der Waals surface area contributed by atoms with Crippen molar-refractivity contribution in [3.8, 4) is 0 Å². The van der Waals surface area contributed by atoms with Crippen LogP contribution in [-0.2, 0) is 4.74 Å². The SMILES string of the molecule is CC(OC(=O)c1ccc(NC(=O)c2ccccc2Cl)cc1)C(=O)c1ccccc1. The maximum Gasteiger partial charge on any atom is 0.338 e. The summed E-state index contributed by atoms with van der Waals surface area (Å²) in [6.07, 6.45) is -0.912. The highest BCUT2D eigenvalue weighted by atomic mass is 35.5. The summed E-state index contributed by atoms with van der Waals surface area (Å²) in [5.41, 5.74) is 1.60. The van der Waals surface area contributed by atoms with Crippen molar-refractivity contribution < 1.29 is 19.1 Å². The standard InChI is InChI=1S/C23H18ClNO4/c1-15(21(26)16-7-3-2-4-8-16)29-23(28)17-11-13-18(14-12-17)25-22(27)19-9-5-6-10-20(19)24/h2-15H,1H3,(H,25,27). The van der Waals surface area contributed by atoms with Crippen LogP contribution >= 0.6 is 11.6 Å². The number of carbonyl (C=O) groups excluding carboxylic acids is 3. The van der Waals surface area contributed by atoms with Crippen molar-refractivity contribution >= 4 is 34.9 Å². The van der Waals surface area contributed by atoms with E-state index < -0.39 is 12.1 Å². The Labute approximate surface area is 173 Å². The summed E-state index contributed by atoms with van der Waals surface area (Å²) in [5, 5.41) is 3.07. The van der Waals surface area contributed by atoms with E-state index in [0.717, 1.165) is 0 Å². The zero-order valence-corrected chi connectivity index (χ0v) is 16.3. The number of rotatable bonds is 6. The number of ether oxygens (including phenoxy) is 1. The fraction of sp³-hybridized carbons (Fsp3) is 0.0870. The maximum atomic E-state index is 12.3. The number of anilines is 1. The van der Waals surface area contributed by atoms with E-state index in [4.69, 9.17) is 16.3 Å². The first kappa shape index (κ1) is 20.3. The summed E-state index contributed by atoms with van der Waals surface area (Å²) >= 11 is 6.02. The molecule has 0 aliphatic rings. The van der Waals surface area contributed by atoms with E-state index in [1.165, 1.54) is 19.1 Å². The molecule has 0 aromatic heterocycles. The zero-order chi connectivity index (χ0) is 20.8. The first-order valence-electron chi connectivity index (χ1n) is 8.92. The molecular weight excluding hydrogens is 390 g/mol. The Hall–Kier alpha value is -3.44. The van der Waals surface area contributed by atoms with Gasteiger partial charge in [-0.15, -0.1) is 0 Å². The molecule has 3 rings (SSSR count). The Morgan fingerprint density at radius 1 is 0.828 bits per heavy atom. The van der Waals surface area contributed by atoms with Gasteiger partial charge >= 0.3 is 5.97 Å². The second-order valence-electron chi connectivity index (χ2n) is 6.29. The third-order valence-corrected chi connectivity index (χ3v) is 4.54. The minimum absolute atomic E-state index is 0.272. The van der Waals surface area contributed by atoms with Crippen LogP contribution in [-0.4, -0.2) is 23.8 Å². The summed E-state index contributed by atoms with van der Waals surface area (Å²) in [5.74, 6) is -1.25. The third kappa shape index (κ3) is 5.09. The van der Waals surface area contributed by atoms with Crippen molar-refractivity contribution in [1.29, 1.82) is 0 Å². The highest BCUT2D eigenvalue weighted by Gasteiger charge is 2.20. The minimum atomic E-state index is -0.912. The molecule has 146 valence electrons. The van der Waals surface area contributed by atoms with E-state index in [2.05, 4.69) is 5.32 Å². The molecule has 0 radical (unpaired) electrons. The Morgan fingerprint density at radius 3 is 2.10 bits per heavy atom. The highest BCUT2D eigenvalue weighted by Crippen LogP contribution is 2.18. The van der Waals surface area contributed by atoms with Gasteiger partial charge in [-0.25, -0.2) is 4.79 Å². The monoisotopic (exact) mass is 407 g/mol. The van der Waals surface area contributed by atoms with Gasteiger partial charge in [-0.3, -0.25) is 9.59 Å². The van der Waals surface area contributed by atoms with Gasteiger partial charge in [0.15, 0.2) is 6.10 Å². The van der Waals surface area contributed by atoms with Crippen LogP contribution in [0.2, 0.25) is 5.02 Å². The van der Waals surface area contributed by atoms with E-state index in [9.17, 15) is 14.4 Å². The van der Waals surface area contributed by atoms with Crippen LogP contribution in [0.25, 0.3) is 0 Å². The van der Waals surface area contributed by atoms with Crippen LogP contribution in [0.15, 0.2) is 78.9 Å². The Kier molecular flexibility index (Phi) is 6.42. The molecule has 0 bridgehead atoms. The third-order valence-electron chi connectivity index (χ3n) is 4.21. The van der Waals surface area contributed by atoms with Crippen LogP contribution in [0.4, 0.5) is 5.69 Å². The molecule has 0 spiro atoms. The molecule has 1 unspecified atom stereocenters. The van der Waals surface area contributed by atoms with Gasteiger partial charge in [-0.2, -0.15) is 0 Å². The molecule has 3 aromatic carbocycles. The van der Waals surface area contributed by atoms with Crippen LogP contribution in [0, 0.1) is 0 Å². The van der Waals surface area contributed by atoms with Gasteiger partial charge in [0, 0.05) is 11.3 Å². The molecule has 0 aliphatic heterocycles. The zero-order valence-electron chi connectivity index (χ0n) is 15.6. The number of hydrogen-bond donors (Lipinski definition) is 1. The number of ketones is 1. The van der Waals surface area contributed by atoms with E-state index in [0.29, 0.717) is 21.8 Å². The average Bonchev–Trinajstić information content (AvgIpc) is 2.74. The molecule has 0 saturated carbocycles. The number of esters is 1. The first-order chi connectivity index (χ1) is 14.0. The molecule has 5 nitrogen and oxygen atoms in total. The van der Waals surface area contributed by atoms with Crippen molar-refractivity contribution in [3.05, 3.63) is 101 Å². The van der Waals surface area contributed by atoms with Gasteiger partial charge in [0.1, 0.15) is 0 Å². The molecule has 6 heteroatoms. The normalized spacial score (nSPS) is 11.4. The van der Waals surface area contributed by atoms with Crippen LogP contribution in [0.3, 0.4) is 0 Å². The fourth-order valence-corrected chi connectivity index (χ4v) is 2.87. The summed E-state index contributed by atoms with van der Waals surface area (Å²) in [6.45, 7) is 1.53. The van der Waals surface area contributed by atoms with Gasteiger partial charge in [0.2, 0.25) is 5.78 Å². The molecule has 0 fully saturated rings. The van der Waals surface area contributed by atoms with Gasteiger partial charge in [0.25, 0.3) is 5.91 Å². The van der Waals surface area contributed by atoms with Gasteiger partial charge in [-0.05, 0) is 43.3 Å². The Balaban J connectivity index is 1.62. The van der Waals surface area contributed by atoms with Crippen molar-refractivity contribution in [3.63, 3.8) is 0 Å². The Morgan fingerprint density at radius 2 is 1.45 bits per heavy atom. The van der Waals surface area contributed by atoms with E-state index in [1.54, 1.807) is 66.7 Å². The molecule has 0 heterocycles. The van der Waals surface area contributed by atoms with Crippen LogP contribution in [0.1, 0.15) is 38.0 Å². The van der Waals surface area contributed by atoms with Crippen molar-refractivity contribution in [2.75, 3.05) is 5.32 Å². The minimum Gasteiger partial charge on any atom is -0.451 e. The molecule has 3 aromatic rings. The second-order valence-corrected chi connectivity index (χ2v) is 6.70. The van der Waals surface area contributed by atoms with Crippen molar-refractivity contribution in [2.24, 2.45) is 0 Å². The lowest BCUT2D eigenvalue weighted by atomic mass is 10.1. The van der Waals surface area contributed by atoms with Gasteiger partial charge in [0.05, 0.1) is 16.1 Å². The quantitative estimate of drug-likeness (QED) is 0.460. The smallest absolute Gasteiger partial charge is 0.338 e. The first-order valence-corrected chi connectivity index (χ1v) is 9.29. The number of carbonyl (C=O) groups is 3. The molecule has 1 amide bonds. The number of amides is 1. The lowest BCUT2D eigenvalue weighted by molar-refractivity contribution is 0.0319. The van der Waals surface area contributed by atoms with Crippen LogP contribution < -0.4 is 5.32 Å². The largest absolute Gasteiger partial charge is 0.451 e. The summed E-state index contributed by atoms with van der Waals surface area (Å²) in [4.78, 5) is 36.9. The highest BCUT2D eigenvalue weighted by molar-refractivity contribution is 6.34.